The van der Waals surface area contributed by atoms with Gasteiger partial charge in [0.2, 0.25) is 0 Å². The summed E-state index contributed by atoms with van der Waals surface area (Å²) in [5.41, 5.74) is 0. The zero-order valence-electron chi connectivity index (χ0n) is 10.8. The molecule has 0 aromatic rings. The summed E-state index contributed by atoms with van der Waals surface area (Å²) in [6.07, 6.45) is 10.5. The molecule has 1 aliphatic heterocycles. The Kier molecular flexibility index (Phi) is 5.11. The summed E-state index contributed by atoms with van der Waals surface area (Å²) in [4.78, 5) is 2.65. The summed E-state index contributed by atoms with van der Waals surface area (Å²) in [7, 11) is 0. The predicted molar refractivity (Wildman–Crippen MR) is 67.7 cm³/mol. The second-order valence-corrected chi connectivity index (χ2v) is 5.48. The van der Waals surface area contributed by atoms with Gasteiger partial charge in [-0.3, -0.25) is 0 Å². The molecule has 1 saturated heterocycles. The quantitative estimate of drug-likeness (QED) is 0.729. The molecule has 0 bridgehead atoms. The second kappa shape index (κ2) is 6.61. The number of hydrogen-bond donors (Lipinski definition) is 0. The Morgan fingerprint density at radius 2 is 1.88 bits per heavy atom. The largest absolute Gasteiger partial charge is 0.377 e. The van der Waals surface area contributed by atoms with Crippen LogP contribution in [0.4, 0.5) is 0 Å². The van der Waals surface area contributed by atoms with Gasteiger partial charge in [-0.05, 0) is 45.1 Å². The van der Waals surface area contributed by atoms with Gasteiger partial charge in [0.1, 0.15) is 0 Å². The molecule has 2 fully saturated rings. The molecule has 94 valence electrons. The van der Waals surface area contributed by atoms with Crippen LogP contribution in [0.25, 0.3) is 0 Å². The van der Waals surface area contributed by atoms with Crippen molar-refractivity contribution in [1.29, 1.82) is 0 Å². The smallest absolute Gasteiger partial charge is 0.0702 e. The number of nitrogens with zero attached hydrogens (tertiary/aromatic N) is 1. The summed E-state index contributed by atoms with van der Waals surface area (Å²) in [5, 5.41) is 0. The van der Waals surface area contributed by atoms with Gasteiger partial charge in [0.25, 0.3) is 0 Å². The third-order valence-corrected chi connectivity index (χ3v) is 4.11. The minimum atomic E-state index is 0.516. The topological polar surface area (TPSA) is 12.5 Å². The first-order valence-corrected chi connectivity index (χ1v) is 7.22. The molecular formula is C14H27NO. The molecule has 2 rings (SSSR count). The normalized spacial score (nSPS) is 29.4. The molecule has 0 aromatic heterocycles. The van der Waals surface area contributed by atoms with Crippen molar-refractivity contribution in [3.63, 3.8) is 0 Å². The molecule has 16 heavy (non-hydrogen) atoms. The van der Waals surface area contributed by atoms with E-state index in [0.717, 1.165) is 12.5 Å². The van der Waals surface area contributed by atoms with Crippen LogP contribution in [0.2, 0.25) is 0 Å². The molecule has 1 atom stereocenters. The van der Waals surface area contributed by atoms with Crippen molar-refractivity contribution in [2.45, 2.75) is 58.0 Å². The molecule has 1 heterocycles. The average Bonchev–Trinajstić information content (AvgIpc) is 2.31. The van der Waals surface area contributed by atoms with Crippen LogP contribution in [0, 0.1) is 5.92 Å². The SMILES string of the molecule is CCO[C@@H]1CCCN(CC2CCCCC2)C1. The number of piperidine rings is 1. The Morgan fingerprint density at radius 3 is 2.62 bits per heavy atom. The molecule has 2 aliphatic rings. The van der Waals surface area contributed by atoms with E-state index in [1.54, 1.807) is 0 Å². The lowest BCUT2D eigenvalue weighted by Gasteiger charge is -2.35. The Morgan fingerprint density at radius 1 is 1.06 bits per heavy atom. The summed E-state index contributed by atoms with van der Waals surface area (Å²) in [6, 6.07) is 0. The maximum absolute atomic E-state index is 5.76. The number of hydrogen-bond acceptors (Lipinski definition) is 2. The van der Waals surface area contributed by atoms with E-state index in [0.29, 0.717) is 6.10 Å². The highest BCUT2D eigenvalue weighted by atomic mass is 16.5. The monoisotopic (exact) mass is 225 g/mol. The van der Waals surface area contributed by atoms with Crippen molar-refractivity contribution in [3.05, 3.63) is 0 Å². The van der Waals surface area contributed by atoms with Crippen LogP contribution in [0.3, 0.4) is 0 Å². The average molecular weight is 225 g/mol. The molecule has 0 aromatic carbocycles. The molecule has 1 aliphatic carbocycles. The highest BCUT2D eigenvalue weighted by Gasteiger charge is 2.23. The summed E-state index contributed by atoms with van der Waals surface area (Å²) < 4.78 is 5.76. The maximum atomic E-state index is 5.76. The van der Waals surface area contributed by atoms with Crippen LogP contribution >= 0.6 is 0 Å². The molecule has 0 amide bonds. The Bertz CT molecular complexity index is 187. The fourth-order valence-electron chi connectivity index (χ4n) is 3.29. The molecule has 0 spiro atoms. The number of rotatable bonds is 4. The van der Waals surface area contributed by atoms with E-state index >= 15 is 0 Å². The van der Waals surface area contributed by atoms with Crippen LogP contribution in [0.5, 0.6) is 0 Å². The van der Waals surface area contributed by atoms with E-state index < -0.39 is 0 Å². The molecule has 0 radical (unpaired) electrons. The molecule has 0 unspecified atom stereocenters. The van der Waals surface area contributed by atoms with Crippen molar-refractivity contribution in [1.82, 2.24) is 4.90 Å². The van der Waals surface area contributed by atoms with Gasteiger partial charge in [-0.1, -0.05) is 19.3 Å². The zero-order valence-corrected chi connectivity index (χ0v) is 10.8. The minimum Gasteiger partial charge on any atom is -0.377 e. The van der Waals surface area contributed by atoms with Crippen LogP contribution in [-0.4, -0.2) is 37.2 Å². The van der Waals surface area contributed by atoms with Gasteiger partial charge in [-0.15, -0.1) is 0 Å². The van der Waals surface area contributed by atoms with Gasteiger partial charge < -0.3 is 9.64 Å². The Labute approximate surface area is 100 Å². The predicted octanol–water partition coefficient (Wildman–Crippen LogP) is 3.07. The third kappa shape index (κ3) is 3.74. The first-order chi connectivity index (χ1) is 7.88. The lowest BCUT2D eigenvalue weighted by atomic mass is 9.88. The van der Waals surface area contributed by atoms with E-state index in [-0.39, 0.29) is 0 Å². The lowest BCUT2D eigenvalue weighted by Crippen LogP contribution is -2.42. The van der Waals surface area contributed by atoms with Crippen molar-refractivity contribution in [3.8, 4) is 0 Å². The molecule has 2 heteroatoms. The highest BCUT2D eigenvalue weighted by molar-refractivity contribution is 4.77. The Balaban J connectivity index is 1.71. The van der Waals surface area contributed by atoms with Gasteiger partial charge in [0.15, 0.2) is 0 Å². The van der Waals surface area contributed by atoms with Gasteiger partial charge >= 0.3 is 0 Å². The van der Waals surface area contributed by atoms with Gasteiger partial charge in [0.05, 0.1) is 6.10 Å². The lowest BCUT2D eigenvalue weighted by molar-refractivity contribution is 0.000322. The zero-order chi connectivity index (χ0) is 11.2. The van der Waals surface area contributed by atoms with Crippen LogP contribution in [-0.2, 0) is 4.74 Å². The minimum absolute atomic E-state index is 0.516. The number of ether oxygens (including phenoxy) is 1. The number of likely N-dealkylation sites (tertiary alicyclic amines) is 1. The van der Waals surface area contributed by atoms with Crippen molar-refractivity contribution in [2.75, 3.05) is 26.2 Å². The van der Waals surface area contributed by atoms with Gasteiger partial charge in [-0.25, -0.2) is 0 Å². The summed E-state index contributed by atoms with van der Waals surface area (Å²) >= 11 is 0. The summed E-state index contributed by atoms with van der Waals surface area (Å²) in [5.74, 6) is 0.981. The van der Waals surface area contributed by atoms with Crippen molar-refractivity contribution < 1.29 is 4.74 Å². The van der Waals surface area contributed by atoms with Gasteiger partial charge in [-0.2, -0.15) is 0 Å². The standard InChI is InChI=1S/C14H27NO/c1-2-16-14-9-6-10-15(12-14)11-13-7-4-3-5-8-13/h13-14H,2-12H2,1H3/t14-/m1/s1. The maximum Gasteiger partial charge on any atom is 0.0702 e. The van der Waals surface area contributed by atoms with E-state index in [4.69, 9.17) is 4.74 Å². The Hall–Kier alpha value is -0.0800. The van der Waals surface area contributed by atoms with Crippen molar-refractivity contribution >= 4 is 0 Å². The van der Waals surface area contributed by atoms with Crippen LogP contribution < -0.4 is 0 Å². The first-order valence-electron chi connectivity index (χ1n) is 7.22. The fourth-order valence-corrected chi connectivity index (χ4v) is 3.29. The molecule has 1 saturated carbocycles. The molecule has 2 nitrogen and oxygen atoms in total. The van der Waals surface area contributed by atoms with E-state index in [1.165, 1.54) is 64.6 Å². The van der Waals surface area contributed by atoms with Crippen LogP contribution in [0.15, 0.2) is 0 Å². The molecular weight excluding hydrogens is 198 g/mol. The first kappa shape index (κ1) is 12.4. The third-order valence-electron chi connectivity index (χ3n) is 4.11. The van der Waals surface area contributed by atoms with Gasteiger partial charge in [0, 0.05) is 19.7 Å². The molecule has 0 N–H and O–H groups in total. The van der Waals surface area contributed by atoms with E-state index in [1.807, 2.05) is 0 Å². The fraction of sp³-hybridized carbons (Fsp3) is 1.00. The van der Waals surface area contributed by atoms with Crippen LogP contribution in [0.1, 0.15) is 51.9 Å². The second-order valence-electron chi connectivity index (χ2n) is 5.48. The summed E-state index contributed by atoms with van der Waals surface area (Å²) in [6.45, 7) is 6.82. The van der Waals surface area contributed by atoms with E-state index in [9.17, 15) is 0 Å². The van der Waals surface area contributed by atoms with Crippen molar-refractivity contribution in [2.24, 2.45) is 5.92 Å². The van der Waals surface area contributed by atoms with E-state index in [2.05, 4.69) is 11.8 Å². The highest BCUT2D eigenvalue weighted by Crippen LogP contribution is 2.25.